The number of methoxy groups -OCH3 is 3. The molecule has 154 valence electrons. The topological polar surface area (TPSA) is 27.7 Å². The van der Waals surface area contributed by atoms with Gasteiger partial charge in [-0.1, -0.05) is 73.8 Å². The number of fused-ring (bicyclic) bond motifs is 3. The first-order valence-electron chi connectivity index (χ1n) is 9.89. The Morgan fingerprint density at radius 3 is 1.60 bits per heavy atom. The lowest BCUT2D eigenvalue weighted by molar-refractivity contribution is 0.368. The van der Waals surface area contributed by atoms with Crippen LogP contribution in [0.5, 0.6) is 17.2 Å². The predicted molar refractivity (Wildman–Crippen MR) is 124 cm³/mol. The number of hydrogen-bond donors (Lipinski definition) is 0. The maximum Gasteiger partial charge on any atom is 0.129 e. The van der Waals surface area contributed by atoms with E-state index in [4.69, 9.17) is 14.2 Å². The zero-order valence-corrected chi connectivity index (χ0v) is 17.9. The van der Waals surface area contributed by atoms with Gasteiger partial charge in [-0.25, -0.2) is 0 Å². The molecule has 0 bridgehead atoms. The van der Waals surface area contributed by atoms with Crippen LogP contribution in [0.4, 0.5) is 0 Å². The highest BCUT2D eigenvalue weighted by Crippen LogP contribution is 2.48. The minimum absolute atomic E-state index is 0.276. The lowest BCUT2D eigenvalue weighted by atomic mass is 9.89. The fraction of sp³-hybridized carbons (Fsp3) is 0.185. The molecular weight excluding hydrogens is 372 g/mol. The van der Waals surface area contributed by atoms with Gasteiger partial charge in [0, 0.05) is 23.6 Å². The van der Waals surface area contributed by atoms with E-state index in [-0.39, 0.29) is 5.92 Å². The van der Waals surface area contributed by atoms with Crippen LogP contribution in [0.2, 0.25) is 0 Å². The first kappa shape index (κ1) is 21.3. The van der Waals surface area contributed by atoms with Crippen molar-refractivity contribution in [1.82, 2.24) is 0 Å². The van der Waals surface area contributed by atoms with E-state index in [1.54, 1.807) is 33.5 Å². The lowest BCUT2D eigenvalue weighted by Crippen LogP contribution is -2.05. The molecule has 4 rings (SSSR count). The molecule has 1 aliphatic rings. The third kappa shape index (κ3) is 4.11. The van der Waals surface area contributed by atoms with E-state index < -0.39 is 0 Å². The minimum atomic E-state index is 0.276. The number of allylic oxidation sites excluding steroid dienone is 2. The maximum atomic E-state index is 5.66. The molecule has 0 amide bonds. The summed E-state index contributed by atoms with van der Waals surface area (Å²) >= 11 is 0. The highest BCUT2D eigenvalue weighted by Gasteiger charge is 2.30. The van der Waals surface area contributed by atoms with Crippen LogP contribution in [0.15, 0.2) is 86.0 Å². The van der Waals surface area contributed by atoms with Crippen molar-refractivity contribution in [2.24, 2.45) is 0 Å². The molecule has 0 aromatic heterocycles. The van der Waals surface area contributed by atoms with Crippen molar-refractivity contribution in [2.75, 3.05) is 21.3 Å². The highest BCUT2D eigenvalue weighted by atomic mass is 16.5. The molecule has 1 aliphatic carbocycles. The predicted octanol–water partition coefficient (Wildman–Crippen LogP) is 6.43. The maximum absolute atomic E-state index is 5.66. The van der Waals surface area contributed by atoms with Crippen molar-refractivity contribution in [1.29, 1.82) is 0 Å². The normalized spacial score (nSPS) is 11.4. The highest BCUT2D eigenvalue weighted by molar-refractivity contribution is 5.79. The smallest absolute Gasteiger partial charge is 0.129 e. The monoisotopic (exact) mass is 400 g/mol. The summed E-state index contributed by atoms with van der Waals surface area (Å²) in [5, 5.41) is 0. The number of rotatable bonds is 6. The fourth-order valence-electron chi connectivity index (χ4n) is 3.96. The zero-order chi connectivity index (χ0) is 21.5. The molecule has 3 heteroatoms. The van der Waals surface area contributed by atoms with Gasteiger partial charge in [0.05, 0.1) is 21.3 Å². The van der Waals surface area contributed by atoms with Gasteiger partial charge in [-0.3, -0.25) is 0 Å². The van der Waals surface area contributed by atoms with Gasteiger partial charge >= 0.3 is 0 Å². The SMILES string of the molecule is C=CC=C.COc1cc(OC)c(CC2c3ccccc3-c3ccccc32)c(OC)c1. The largest absolute Gasteiger partial charge is 0.496 e. The standard InChI is InChI=1S/C23H22O3.C4H6/c1-24-15-12-22(25-2)21(23(13-15)26-3)14-20-18-10-6-4-8-16(18)17-9-5-7-11-19(17)20;1-3-4-2/h4-13,20H,14H2,1-3H3;3-4H,1-2H2. The van der Waals surface area contributed by atoms with E-state index in [0.717, 1.165) is 29.2 Å². The first-order valence-corrected chi connectivity index (χ1v) is 9.89. The molecule has 0 unspecified atom stereocenters. The van der Waals surface area contributed by atoms with Crippen LogP contribution < -0.4 is 14.2 Å². The molecular formula is C27H28O3. The van der Waals surface area contributed by atoms with Gasteiger partial charge in [0.2, 0.25) is 0 Å². The summed E-state index contributed by atoms with van der Waals surface area (Å²) in [4.78, 5) is 0. The Kier molecular flexibility index (Phi) is 6.97. The van der Waals surface area contributed by atoms with Crippen LogP contribution in [0, 0.1) is 0 Å². The van der Waals surface area contributed by atoms with Crippen molar-refractivity contribution in [3.05, 3.63) is 103 Å². The molecule has 30 heavy (non-hydrogen) atoms. The van der Waals surface area contributed by atoms with E-state index in [2.05, 4.69) is 61.7 Å². The van der Waals surface area contributed by atoms with Gasteiger partial charge in [-0.15, -0.1) is 0 Å². The van der Waals surface area contributed by atoms with Crippen molar-refractivity contribution in [2.45, 2.75) is 12.3 Å². The van der Waals surface area contributed by atoms with E-state index in [9.17, 15) is 0 Å². The van der Waals surface area contributed by atoms with Gasteiger partial charge < -0.3 is 14.2 Å². The second-order valence-corrected chi connectivity index (χ2v) is 6.91. The Labute approximate surface area is 179 Å². The summed E-state index contributed by atoms with van der Waals surface area (Å²) in [6, 6.07) is 21.1. The van der Waals surface area contributed by atoms with Crippen molar-refractivity contribution >= 4 is 0 Å². The molecule has 0 heterocycles. The Bertz CT molecular complexity index is 959. The molecule has 0 N–H and O–H groups in total. The second kappa shape index (κ2) is 9.84. The van der Waals surface area contributed by atoms with Gasteiger partial charge in [0.25, 0.3) is 0 Å². The Hall–Kier alpha value is -3.46. The van der Waals surface area contributed by atoms with Gasteiger partial charge in [0.1, 0.15) is 17.2 Å². The second-order valence-electron chi connectivity index (χ2n) is 6.91. The molecule has 3 aromatic carbocycles. The van der Waals surface area contributed by atoms with Crippen molar-refractivity contribution < 1.29 is 14.2 Å². The number of ether oxygens (including phenoxy) is 3. The summed E-state index contributed by atoms with van der Waals surface area (Å²) in [6.45, 7) is 6.72. The molecule has 0 radical (unpaired) electrons. The molecule has 3 nitrogen and oxygen atoms in total. The molecule has 0 aliphatic heterocycles. The quantitative estimate of drug-likeness (QED) is 0.447. The molecule has 0 atom stereocenters. The van der Waals surface area contributed by atoms with Crippen LogP contribution >= 0.6 is 0 Å². The summed E-state index contributed by atoms with van der Waals surface area (Å²) in [5.74, 6) is 2.60. The zero-order valence-electron chi connectivity index (χ0n) is 17.9. The summed E-state index contributed by atoms with van der Waals surface area (Å²) in [7, 11) is 5.03. The third-order valence-electron chi connectivity index (χ3n) is 5.35. The summed E-state index contributed by atoms with van der Waals surface area (Å²) in [6.07, 6.45) is 4.09. The Balaban J connectivity index is 0.000000589. The van der Waals surface area contributed by atoms with E-state index in [1.807, 2.05) is 12.1 Å². The van der Waals surface area contributed by atoms with Crippen LogP contribution in [0.3, 0.4) is 0 Å². The fourth-order valence-corrected chi connectivity index (χ4v) is 3.96. The van der Waals surface area contributed by atoms with E-state index in [1.165, 1.54) is 22.3 Å². The van der Waals surface area contributed by atoms with Gasteiger partial charge in [0.15, 0.2) is 0 Å². The Morgan fingerprint density at radius 2 is 1.20 bits per heavy atom. The lowest BCUT2D eigenvalue weighted by Gasteiger charge is -2.19. The summed E-state index contributed by atoms with van der Waals surface area (Å²) in [5.41, 5.74) is 6.41. The molecule has 0 saturated heterocycles. The average Bonchev–Trinajstić information content (AvgIpc) is 3.13. The van der Waals surface area contributed by atoms with Crippen molar-refractivity contribution in [3.63, 3.8) is 0 Å². The van der Waals surface area contributed by atoms with Crippen molar-refractivity contribution in [3.8, 4) is 28.4 Å². The number of hydrogen-bond acceptors (Lipinski definition) is 3. The summed E-state index contributed by atoms with van der Waals surface area (Å²) < 4.78 is 16.7. The minimum Gasteiger partial charge on any atom is -0.496 e. The number of benzene rings is 3. The van der Waals surface area contributed by atoms with Crippen LogP contribution in [0.1, 0.15) is 22.6 Å². The van der Waals surface area contributed by atoms with Gasteiger partial charge in [-0.2, -0.15) is 0 Å². The Morgan fingerprint density at radius 1 is 0.733 bits per heavy atom. The third-order valence-corrected chi connectivity index (χ3v) is 5.35. The van der Waals surface area contributed by atoms with Crippen LogP contribution in [-0.2, 0) is 6.42 Å². The molecule has 0 fully saturated rings. The van der Waals surface area contributed by atoms with Crippen LogP contribution in [-0.4, -0.2) is 21.3 Å². The molecule has 0 saturated carbocycles. The van der Waals surface area contributed by atoms with Crippen LogP contribution in [0.25, 0.3) is 11.1 Å². The van der Waals surface area contributed by atoms with Gasteiger partial charge in [-0.05, 0) is 28.7 Å². The van der Waals surface area contributed by atoms with E-state index in [0.29, 0.717) is 0 Å². The molecule has 0 spiro atoms. The molecule has 3 aromatic rings. The average molecular weight is 401 g/mol. The first-order chi connectivity index (χ1) is 14.7. The van der Waals surface area contributed by atoms with E-state index >= 15 is 0 Å².